The van der Waals surface area contributed by atoms with E-state index in [1.165, 1.54) is 22.9 Å². The molecule has 0 radical (unpaired) electrons. The van der Waals surface area contributed by atoms with Gasteiger partial charge in [0.15, 0.2) is 0 Å². The van der Waals surface area contributed by atoms with E-state index in [1.54, 1.807) is 30.3 Å². The topological polar surface area (TPSA) is 83.2 Å². The van der Waals surface area contributed by atoms with Crippen LogP contribution in [0.1, 0.15) is 27.9 Å². The third-order valence-electron chi connectivity index (χ3n) is 6.66. The van der Waals surface area contributed by atoms with Crippen molar-refractivity contribution in [3.05, 3.63) is 98.9 Å². The summed E-state index contributed by atoms with van der Waals surface area (Å²) in [4.78, 5) is 19.5. The monoisotopic (exact) mass is 599 g/mol. The number of benzene rings is 2. The fourth-order valence-electron chi connectivity index (χ4n) is 4.84. The van der Waals surface area contributed by atoms with E-state index < -0.39 is 18.1 Å². The first-order valence-electron chi connectivity index (χ1n) is 12.5. The van der Waals surface area contributed by atoms with Crippen LogP contribution in [0.4, 0.5) is 18.0 Å². The van der Waals surface area contributed by atoms with Gasteiger partial charge in [0.1, 0.15) is 17.0 Å². The van der Waals surface area contributed by atoms with Gasteiger partial charge in [-0.1, -0.05) is 47.5 Å². The lowest BCUT2D eigenvalue weighted by molar-refractivity contribution is -0.274. The second-order valence-corrected chi connectivity index (χ2v) is 10.2. The van der Waals surface area contributed by atoms with E-state index >= 15 is 0 Å². The van der Waals surface area contributed by atoms with Crippen LogP contribution in [0, 0.1) is 11.3 Å². The summed E-state index contributed by atoms with van der Waals surface area (Å²) in [6, 6.07) is 14.5. The zero-order valence-electron chi connectivity index (χ0n) is 21.4. The van der Waals surface area contributed by atoms with Gasteiger partial charge in [0.05, 0.1) is 11.1 Å². The van der Waals surface area contributed by atoms with E-state index in [0.717, 1.165) is 11.1 Å². The number of carbonyl (C=O) groups is 1. The summed E-state index contributed by atoms with van der Waals surface area (Å²) in [5.41, 5.74) is 3.06. The van der Waals surface area contributed by atoms with Gasteiger partial charge in [0.25, 0.3) is 0 Å². The Morgan fingerprint density at radius 2 is 1.95 bits per heavy atom. The van der Waals surface area contributed by atoms with E-state index in [2.05, 4.69) is 19.9 Å². The predicted molar refractivity (Wildman–Crippen MR) is 150 cm³/mol. The molecule has 0 bridgehead atoms. The van der Waals surface area contributed by atoms with Gasteiger partial charge in [-0.15, -0.1) is 13.2 Å². The number of rotatable bonds is 6. The molecular weight excluding hydrogens is 578 g/mol. The summed E-state index contributed by atoms with van der Waals surface area (Å²) in [6.07, 6.45) is 0.955. The first-order valence-corrected chi connectivity index (χ1v) is 13.3. The number of aromatic nitrogens is 2. The van der Waals surface area contributed by atoms with Gasteiger partial charge in [-0.2, -0.15) is 5.26 Å². The molecule has 1 aliphatic heterocycles. The second kappa shape index (κ2) is 11.8. The molecule has 2 aromatic carbocycles. The Hall–Kier alpha value is -4.04. The summed E-state index contributed by atoms with van der Waals surface area (Å²) < 4.78 is 45.0. The highest BCUT2D eigenvalue weighted by Gasteiger charge is 2.34. The van der Waals surface area contributed by atoms with Crippen LogP contribution in [0.5, 0.6) is 5.75 Å². The minimum atomic E-state index is -4.98. The molecule has 0 atom stereocenters. The Bertz CT molecular complexity index is 1680. The lowest BCUT2D eigenvalue weighted by Crippen LogP contribution is -2.34. The van der Waals surface area contributed by atoms with Crippen molar-refractivity contribution in [2.75, 3.05) is 13.1 Å². The molecule has 3 heterocycles. The number of fused-ring (bicyclic) bond motifs is 3. The minimum absolute atomic E-state index is 0.150. The van der Waals surface area contributed by atoms with Crippen molar-refractivity contribution in [3.8, 4) is 11.8 Å². The van der Waals surface area contributed by atoms with Gasteiger partial charge >= 0.3 is 12.4 Å². The lowest BCUT2D eigenvalue weighted by atomic mass is 10.0. The van der Waals surface area contributed by atoms with E-state index in [9.17, 15) is 23.2 Å². The van der Waals surface area contributed by atoms with Crippen molar-refractivity contribution < 1.29 is 22.7 Å². The third-order valence-corrected chi connectivity index (χ3v) is 7.12. The number of alkyl halides is 3. The number of nitriles is 1. The molecule has 5 rings (SSSR count). The zero-order chi connectivity index (χ0) is 29.1. The van der Waals surface area contributed by atoms with Crippen molar-refractivity contribution in [1.29, 1.82) is 5.26 Å². The summed E-state index contributed by atoms with van der Waals surface area (Å²) in [5, 5.41) is 13.8. The highest BCUT2D eigenvalue weighted by molar-refractivity contribution is 6.30. The van der Waals surface area contributed by atoms with Gasteiger partial charge in [-0.3, -0.25) is 9.47 Å². The van der Waals surface area contributed by atoms with E-state index in [-0.39, 0.29) is 17.3 Å². The maximum atomic E-state index is 13.5. The second-order valence-electron chi connectivity index (χ2n) is 9.37. The number of pyridine rings is 1. The zero-order valence-corrected chi connectivity index (χ0v) is 22.9. The van der Waals surface area contributed by atoms with E-state index in [0.29, 0.717) is 53.2 Å². The normalized spacial score (nSPS) is 13.8. The number of hydrogen-bond donors (Lipinski definition) is 1. The predicted octanol–water partition coefficient (Wildman–Crippen LogP) is 6.94. The molecular formula is C29H22Cl2F3N5O2. The van der Waals surface area contributed by atoms with E-state index in [1.807, 2.05) is 24.3 Å². The van der Waals surface area contributed by atoms with Crippen LogP contribution >= 0.6 is 23.2 Å². The maximum absolute atomic E-state index is 13.5. The van der Waals surface area contributed by atoms with Gasteiger partial charge < -0.3 is 10.1 Å². The number of amides is 1. The number of hydrogen-bond acceptors (Lipinski definition) is 5. The SMILES string of the molecule is N#Cc1cc2c(cc1OC(F)(F)F)c1c(n2C(=O)NCc2ccnc(Cl)c2)CCN(C/C=C/c2ccc(Cl)cc2)C1. The molecule has 12 heteroatoms. The fraction of sp³-hybridized carbons (Fsp3) is 0.207. The molecule has 7 nitrogen and oxygen atoms in total. The van der Waals surface area contributed by atoms with Gasteiger partial charge in [0.2, 0.25) is 0 Å². The summed E-state index contributed by atoms with van der Waals surface area (Å²) >= 11 is 11.9. The van der Waals surface area contributed by atoms with Gasteiger partial charge in [-0.25, -0.2) is 9.78 Å². The Morgan fingerprint density at radius 1 is 1.17 bits per heavy atom. The van der Waals surface area contributed by atoms with Gasteiger partial charge in [0, 0.05) is 54.9 Å². The fourth-order valence-corrected chi connectivity index (χ4v) is 5.16. The molecule has 210 valence electrons. The quantitative estimate of drug-likeness (QED) is 0.243. The molecule has 0 spiro atoms. The Morgan fingerprint density at radius 3 is 2.66 bits per heavy atom. The highest BCUT2D eigenvalue weighted by atomic mass is 35.5. The van der Waals surface area contributed by atoms with Crippen molar-refractivity contribution in [1.82, 2.24) is 19.8 Å². The van der Waals surface area contributed by atoms with Crippen LogP contribution in [0.15, 0.2) is 60.8 Å². The van der Waals surface area contributed by atoms with Crippen molar-refractivity contribution >= 4 is 46.2 Å². The number of ether oxygens (including phenoxy) is 1. The molecule has 0 aliphatic carbocycles. The Kier molecular flexibility index (Phi) is 8.22. The smallest absolute Gasteiger partial charge is 0.404 e. The highest BCUT2D eigenvalue weighted by Crippen LogP contribution is 2.37. The standard InChI is InChI=1S/C29H22Cl2F3N5O2/c30-21-5-3-18(4-6-21)2-1-10-38-11-8-24-23(17-38)22-14-26(41-29(32,33)34)20(15-35)13-25(22)39(24)28(40)37-16-19-7-9-36-27(31)12-19/h1-7,9,12-14H,8,10-11,16-17H2,(H,37,40)/b2-1+. The number of carbonyl (C=O) groups excluding carboxylic acids is 1. The average molecular weight is 600 g/mol. The molecule has 1 amide bonds. The number of nitrogens with one attached hydrogen (secondary N) is 1. The van der Waals surface area contributed by atoms with Crippen LogP contribution < -0.4 is 10.1 Å². The van der Waals surface area contributed by atoms with Crippen LogP contribution in [-0.4, -0.2) is 39.9 Å². The van der Waals surface area contributed by atoms with Crippen LogP contribution in [0.2, 0.25) is 10.2 Å². The first kappa shape index (κ1) is 28.5. The average Bonchev–Trinajstić information content (AvgIpc) is 3.24. The molecule has 0 saturated heterocycles. The summed E-state index contributed by atoms with van der Waals surface area (Å²) in [7, 11) is 0. The maximum Gasteiger partial charge on any atom is 0.573 e. The summed E-state index contributed by atoms with van der Waals surface area (Å²) in [5.74, 6) is -0.612. The number of halogens is 5. The molecule has 0 unspecified atom stereocenters. The molecule has 2 aromatic heterocycles. The third kappa shape index (κ3) is 6.65. The lowest BCUT2D eigenvalue weighted by Gasteiger charge is -2.27. The molecule has 0 fully saturated rings. The largest absolute Gasteiger partial charge is 0.573 e. The molecule has 41 heavy (non-hydrogen) atoms. The van der Waals surface area contributed by atoms with Crippen LogP contribution in [-0.2, 0) is 19.5 Å². The van der Waals surface area contributed by atoms with Crippen molar-refractivity contribution in [2.45, 2.75) is 25.9 Å². The summed E-state index contributed by atoms with van der Waals surface area (Å²) in [6.45, 7) is 1.72. The molecule has 4 aromatic rings. The molecule has 1 N–H and O–H groups in total. The molecule has 1 aliphatic rings. The number of nitrogens with zero attached hydrogens (tertiary/aromatic N) is 4. The Labute approximate surface area is 243 Å². The van der Waals surface area contributed by atoms with Crippen molar-refractivity contribution in [2.24, 2.45) is 0 Å². The molecule has 0 saturated carbocycles. The van der Waals surface area contributed by atoms with Crippen molar-refractivity contribution in [3.63, 3.8) is 0 Å². The van der Waals surface area contributed by atoms with Gasteiger partial charge in [-0.05, 0) is 53.1 Å². The van der Waals surface area contributed by atoms with Crippen LogP contribution in [0.3, 0.4) is 0 Å². The van der Waals surface area contributed by atoms with Crippen LogP contribution in [0.25, 0.3) is 17.0 Å². The first-order chi connectivity index (χ1) is 19.6. The van der Waals surface area contributed by atoms with E-state index in [4.69, 9.17) is 23.2 Å². The Balaban J connectivity index is 1.48. The minimum Gasteiger partial charge on any atom is -0.404 e.